The minimum Gasteiger partial charge on any atom is -0.356 e. The predicted molar refractivity (Wildman–Crippen MR) is 124 cm³/mol. The minimum atomic E-state index is -0.0294. The van der Waals surface area contributed by atoms with Crippen LogP contribution in [0, 0.1) is 12.8 Å². The molecule has 0 unspecified atom stereocenters. The predicted octanol–water partition coefficient (Wildman–Crippen LogP) is 3.74. The smallest absolute Gasteiger partial charge is 0.259 e. The van der Waals surface area contributed by atoms with Gasteiger partial charge in [0.15, 0.2) is 5.82 Å². The largest absolute Gasteiger partial charge is 0.356 e. The number of hydrogen-bond donors (Lipinski definition) is 1. The molecule has 7 heteroatoms. The highest BCUT2D eigenvalue weighted by Crippen LogP contribution is 2.26. The molecule has 2 amide bonds. The summed E-state index contributed by atoms with van der Waals surface area (Å²) in [6.45, 7) is 5.87. The summed E-state index contributed by atoms with van der Waals surface area (Å²) >= 11 is 0. The molecule has 3 aromatic rings. The summed E-state index contributed by atoms with van der Waals surface area (Å²) in [5, 5.41) is 7.75. The summed E-state index contributed by atoms with van der Waals surface area (Å²) in [7, 11) is 0. The number of amides is 2. The average Bonchev–Trinajstić information content (AvgIpc) is 3.47. The van der Waals surface area contributed by atoms with Gasteiger partial charge in [0.25, 0.3) is 5.91 Å². The van der Waals surface area contributed by atoms with Crippen LogP contribution < -0.4 is 5.32 Å². The molecule has 0 bridgehead atoms. The van der Waals surface area contributed by atoms with Crippen LogP contribution in [0.3, 0.4) is 0 Å². The van der Waals surface area contributed by atoms with E-state index in [4.69, 9.17) is 5.10 Å². The molecule has 4 rings (SSSR count). The maximum Gasteiger partial charge on any atom is 0.259 e. The number of aryl methyl sites for hydroxylation is 1. The molecule has 0 aliphatic carbocycles. The van der Waals surface area contributed by atoms with Gasteiger partial charge in [0, 0.05) is 37.9 Å². The zero-order valence-corrected chi connectivity index (χ0v) is 18.8. The molecule has 0 saturated carbocycles. The number of likely N-dealkylation sites (tertiary alicyclic amines) is 1. The molecule has 0 radical (unpaired) electrons. The monoisotopic (exact) mass is 433 g/mol. The van der Waals surface area contributed by atoms with Crippen molar-refractivity contribution in [1.29, 1.82) is 0 Å². The van der Waals surface area contributed by atoms with E-state index in [0.717, 1.165) is 30.9 Å². The van der Waals surface area contributed by atoms with E-state index in [2.05, 4.69) is 12.2 Å². The number of para-hydroxylation sites is 1. The first-order valence-corrected chi connectivity index (χ1v) is 11.5. The van der Waals surface area contributed by atoms with Gasteiger partial charge >= 0.3 is 0 Å². The van der Waals surface area contributed by atoms with Gasteiger partial charge in [-0.05, 0) is 50.5 Å². The van der Waals surface area contributed by atoms with Crippen LogP contribution >= 0.6 is 0 Å². The lowest BCUT2D eigenvalue weighted by atomic mass is 9.95. The van der Waals surface area contributed by atoms with Crippen molar-refractivity contribution in [2.24, 2.45) is 5.92 Å². The topological polar surface area (TPSA) is 72.2 Å². The molecular weight excluding hydrogens is 402 g/mol. The zero-order chi connectivity index (χ0) is 22.5. The molecule has 32 heavy (non-hydrogen) atoms. The Morgan fingerprint density at radius 1 is 1.06 bits per heavy atom. The highest BCUT2D eigenvalue weighted by Gasteiger charge is 2.31. The lowest BCUT2D eigenvalue weighted by molar-refractivity contribution is -0.126. The van der Waals surface area contributed by atoms with Gasteiger partial charge in [0.1, 0.15) is 5.56 Å². The van der Waals surface area contributed by atoms with Crippen molar-refractivity contribution < 1.29 is 9.59 Å². The molecule has 1 N–H and O–H groups in total. The van der Waals surface area contributed by atoms with Crippen molar-refractivity contribution in [3.05, 3.63) is 66.1 Å². The van der Waals surface area contributed by atoms with E-state index in [0.29, 0.717) is 37.2 Å². The summed E-state index contributed by atoms with van der Waals surface area (Å²) in [5.41, 5.74) is 2.21. The van der Waals surface area contributed by atoms with E-state index in [-0.39, 0.29) is 17.7 Å². The quantitative estimate of drug-likeness (QED) is 0.577. The van der Waals surface area contributed by atoms with Crippen molar-refractivity contribution in [3.63, 3.8) is 0 Å². The van der Waals surface area contributed by atoms with Gasteiger partial charge in [-0.1, -0.05) is 31.5 Å². The second kappa shape index (κ2) is 9.85. The van der Waals surface area contributed by atoms with E-state index in [9.17, 15) is 9.59 Å². The van der Waals surface area contributed by atoms with Gasteiger partial charge in [0.05, 0.1) is 11.4 Å². The zero-order valence-electron chi connectivity index (χ0n) is 18.8. The molecule has 3 heterocycles. The molecule has 1 saturated heterocycles. The molecule has 1 aliphatic rings. The number of piperidine rings is 1. The minimum absolute atomic E-state index is 0.0204. The van der Waals surface area contributed by atoms with Gasteiger partial charge in [-0.25, -0.2) is 4.68 Å². The van der Waals surface area contributed by atoms with Crippen molar-refractivity contribution >= 4 is 11.8 Å². The molecule has 1 aromatic carbocycles. The molecule has 7 nitrogen and oxygen atoms in total. The Morgan fingerprint density at radius 2 is 1.75 bits per heavy atom. The van der Waals surface area contributed by atoms with Crippen LogP contribution in [0.4, 0.5) is 0 Å². The van der Waals surface area contributed by atoms with Crippen LogP contribution in [0.15, 0.2) is 54.9 Å². The third-order valence-electron chi connectivity index (χ3n) is 6.08. The highest BCUT2D eigenvalue weighted by molar-refractivity contribution is 5.99. The van der Waals surface area contributed by atoms with E-state index in [1.54, 1.807) is 0 Å². The van der Waals surface area contributed by atoms with Gasteiger partial charge in [-0.15, -0.1) is 0 Å². The number of carbonyl (C=O) groups is 2. The Labute approximate surface area is 189 Å². The molecule has 1 aliphatic heterocycles. The second-order valence-corrected chi connectivity index (χ2v) is 8.33. The van der Waals surface area contributed by atoms with E-state index in [1.807, 2.05) is 75.9 Å². The summed E-state index contributed by atoms with van der Waals surface area (Å²) in [4.78, 5) is 27.9. The second-order valence-electron chi connectivity index (χ2n) is 8.33. The number of unbranched alkanes of at least 4 members (excludes halogenated alkanes) is 1. The van der Waals surface area contributed by atoms with Crippen molar-refractivity contribution in [2.45, 2.75) is 39.5 Å². The van der Waals surface area contributed by atoms with Crippen LogP contribution in [0.2, 0.25) is 0 Å². The molecule has 0 atom stereocenters. The summed E-state index contributed by atoms with van der Waals surface area (Å²) in [5.74, 6) is 0.806. The van der Waals surface area contributed by atoms with Crippen LogP contribution in [0.5, 0.6) is 0 Å². The number of benzene rings is 1. The molecular formula is C25H31N5O2. The summed E-state index contributed by atoms with van der Waals surface area (Å²) in [6, 6.07) is 13.7. The first kappa shape index (κ1) is 21.9. The Kier molecular flexibility index (Phi) is 6.73. The maximum atomic E-state index is 13.6. The van der Waals surface area contributed by atoms with Gasteiger partial charge < -0.3 is 14.8 Å². The molecule has 1 fully saturated rings. The highest BCUT2D eigenvalue weighted by atomic mass is 16.2. The number of nitrogens with zero attached hydrogens (tertiary/aromatic N) is 4. The first-order chi connectivity index (χ1) is 15.6. The molecule has 0 spiro atoms. The SMILES string of the molecule is CCCCNC(=O)C1CCN(C(=O)c2c(C)nn(-c3ccccc3)c2-n2cccc2)CC1. The van der Waals surface area contributed by atoms with Crippen LogP contribution in [0.25, 0.3) is 11.5 Å². The average molecular weight is 434 g/mol. The lowest BCUT2D eigenvalue weighted by Crippen LogP contribution is -2.43. The van der Waals surface area contributed by atoms with Crippen molar-refractivity contribution in [2.75, 3.05) is 19.6 Å². The summed E-state index contributed by atoms with van der Waals surface area (Å²) in [6.07, 6.45) is 7.30. The fourth-order valence-corrected chi connectivity index (χ4v) is 4.26. The van der Waals surface area contributed by atoms with Crippen LogP contribution in [-0.4, -0.2) is 50.7 Å². The first-order valence-electron chi connectivity index (χ1n) is 11.5. The number of hydrogen-bond acceptors (Lipinski definition) is 3. The number of nitrogens with one attached hydrogen (secondary N) is 1. The fourth-order valence-electron chi connectivity index (χ4n) is 4.26. The summed E-state index contributed by atoms with van der Waals surface area (Å²) < 4.78 is 3.77. The van der Waals surface area contributed by atoms with Gasteiger partial charge in [-0.2, -0.15) is 5.10 Å². The van der Waals surface area contributed by atoms with E-state index < -0.39 is 0 Å². The van der Waals surface area contributed by atoms with Gasteiger partial charge in [-0.3, -0.25) is 9.59 Å². The number of rotatable bonds is 7. The Bertz CT molecular complexity index is 1050. The Morgan fingerprint density at radius 3 is 2.41 bits per heavy atom. The Hall–Kier alpha value is -3.35. The molecule has 2 aromatic heterocycles. The third-order valence-corrected chi connectivity index (χ3v) is 6.08. The van der Waals surface area contributed by atoms with Crippen LogP contribution in [-0.2, 0) is 4.79 Å². The van der Waals surface area contributed by atoms with Crippen LogP contribution in [0.1, 0.15) is 48.7 Å². The fraction of sp³-hybridized carbons (Fsp3) is 0.400. The lowest BCUT2D eigenvalue weighted by Gasteiger charge is -2.31. The van der Waals surface area contributed by atoms with Crippen molar-refractivity contribution in [1.82, 2.24) is 24.6 Å². The number of carbonyl (C=O) groups excluding carboxylic acids is 2. The third kappa shape index (κ3) is 4.47. The van der Waals surface area contributed by atoms with E-state index in [1.165, 1.54) is 0 Å². The Balaban J connectivity index is 1.56. The maximum absolute atomic E-state index is 13.6. The van der Waals surface area contributed by atoms with Gasteiger partial charge in [0.2, 0.25) is 5.91 Å². The van der Waals surface area contributed by atoms with Crippen molar-refractivity contribution in [3.8, 4) is 11.5 Å². The standard InChI is InChI=1S/C25H31N5O2/c1-3-4-14-26-23(31)20-12-17-29(18-13-20)25(32)22-19(2)27-30(21-10-6-5-7-11-21)24(22)28-15-8-9-16-28/h5-11,15-16,20H,3-4,12-14,17-18H2,1-2H3,(H,26,31). The normalized spacial score (nSPS) is 14.5. The number of aromatic nitrogens is 3. The molecule has 168 valence electrons. The van der Waals surface area contributed by atoms with E-state index >= 15 is 0 Å².